The number of hydrogen-bond acceptors (Lipinski definition) is 2. The molecule has 1 rings (SSSR count). The van der Waals surface area contributed by atoms with Gasteiger partial charge in [-0.05, 0) is 31.5 Å². The van der Waals surface area contributed by atoms with Crippen LogP contribution in [0, 0.1) is 12.3 Å². The maximum absolute atomic E-state index is 7.57. The lowest BCUT2D eigenvalue weighted by Gasteiger charge is -2.10. The number of nitrogens with one attached hydrogen (secondary N) is 2. The minimum atomic E-state index is 0.481. The predicted molar refractivity (Wildman–Crippen MR) is 80.9 cm³/mol. The number of aryl methyl sites for hydroxylation is 1. The molecule has 0 amide bonds. The molecule has 0 bridgehead atoms. The van der Waals surface area contributed by atoms with E-state index < -0.39 is 0 Å². The summed E-state index contributed by atoms with van der Waals surface area (Å²) in [6.45, 7) is 11.7. The number of rotatable bonds is 2. The van der Waals surface area contributed by atoms with Crippen LogP contribution in [0.25, 0.3) is 0 Å². The van der Waals surface area contributed by atoms with E-state index in [0.29, 0.717) is 10.7 Å². The highest BCUT2D eigenvalue weighted by atomic mass is 35.5. The molecule has 1 aromatic carbocycles. The molecule has 2 N–H and O–H groups in total. The standard InChI is InChI=1S/C10H13ClN2.2C2H6/c1-6-4-8(11)10(7(2)12)9(5-6)13-3;2*1-2/h4-5,12-13H,1-3H3;2*1-2H3. The number of halogens is 1. The van der Waals surface area contributed by atoms with Gasteiger partial charge in [0.05, 0.1) is 5.02 Å². The molecule has 0 aliphatic rings. The van der Waals surface area contributed by atoms with E-state index in [1.54, 1.807) is 6.92 Å². The number of hydrogen-bond donors (Lipinski definition) is 2. The van der Waals surface area contributed by atoms with Gasteiger partial charge >= 0.3 is 0 Å². The van der Waals surface area contributed by atoms with E-state index in [-0.39, 0.29) is 0 Å². The van der Waals surface area contributed by atoms with Gasteiger partial charge < -0.3 is 10.7 Å². The van der Waals surface area contributed by atoms with E-state index >= 15 is 0 Å². The van der Waals surface area contributed by atoms with Crippen molar-refractivity contribution in [3.8, 4) is 0 Å². The van der Waals surface area contributed by atoms with Crippen molar-refractivity contribution >= 4 is 23.0 Å². The number of benzene rings is 1. The molecule has 0 atom stereocenters. The number of anilines is 1. The first-order valence-corrected chi connectivity index (χ1v) is 6.47. The summed E-state index contributed by atoms with van der Waals surface area (Å²) in [6, 6.07) is 3.86. The van der Waals surface area contributed by atoms with Crippen LogP contribution in [0.4, 0.5) is 5.69 Å². The van der Waals surface area contributed by atoms with Crippen LogP contribution >= 0.6 is 11.6 Å². The van der Waals surface area contributed by atoms with Gasteiger partial charge in [-0.1, -0.05) is 39.3 Å². The fourth-order valence-electron chi connectivity index (χ4n) is 1.32. The van der Waals surface area contributed by atoms with Crippen molar-refractivity contribution in [2.24, 2.45) is 0 Å². The van der Waals surface area contributed by atoms with Gasteiger partial charge in [-0.3, -0.25) is 0 Å². The first-order chi connectivity index (χ1) is 8.06. The third-order valence-electron chi connectivity index (χ3n) is 1.88. The molecule has 0 aromatic heterocycles. The second-order valence-electron chi connectivity index (χ2n) is 3.04. The normalized spacial score (nSPS) is 8.24. The molecule has 3 heteroatoms. The van der Waals surface area contributed by atoms with Crippen LogP contribution in [0.3, 0.4) is 0 Å². The molecule has 0 fully saturated rings. The molecular formula is C14H25ClN2. The predicted octanol–water partition coefficient (Wildman–Crippen LogP) is 5.13. The van der Waals surface area contributed by atoms with Crippen molar-refractivity contribution in [2.75, 3.05) is 12.4 Å². The Labute approximate surface area is 111 Å². The maximum Gasteiger partial charge on any atom is 0.0519 e. The van der Waals surface area contributed by atoms with Crippen molar-refractivity contribution in [1.29, 1.82) is 5.41 Å². The fraction of sp³-hybridized carbons (Fsp3) is 0.500. The summed E-state index contributed by atoms with van der Waals surface area (Å²) in [6.07, 6.45) is 0. The van der Waals surface area contributed by atoms with E-state index in [2.05, 4.69) is 5.32 Å². The second-order valence-corrected chi connectivity index (χ2v) is 3.45. The molecule has 0 saturated heterocycles. The molecule has 98 valence electrons. The van der Waals surface area contributed by atoms with Crippen LogP contribution in [-0.2, 0) is 0 Å². The third kappa shape index (κ3) is 5.73. The van der Waals surface area contributed by atoms with Gasteiger partial charge in [-0.25, -0.2) is 0 Å². The van der Waals surface area contributed by atoms with Crippen molar-refractivity contribution in [2.45, 2.75) is 41.5 Å². The highest BCUT2D eigenvalue weighted by molar-refractivity contribution is 6.34. The SMILES string of the molecule is CC.CC.CNc1cc(C)cc(Cl)c1C(C)=N. The smallest absolute Gasteiger partial charge is 0.0519 e. The van der Waals surface area contributed by atoms with Gasteiger partial charge in [-0.2, -0.15) is 0 Å². The molecule has 2 nitrogen and oxygen atoms in total. The van der Waals surface area contributed by atoms with E-state index in [0.717, 1.165) is 16.8 Å². The fourth-order valence-corrected chi connectivity index (χ4v) is 1.74. The Kier molecular flexibility index (Phi) is 11.0. The highest BCUT2D eigenvalue weighted by Crippen LogP contribution is 2.26. The van der Waals surface area contributed by atoms with Gasteiger partial charge in [0.1, 0.15) is 0 Å². The summed E-state index contributed by atoms with van der Waals surface area (Å²) in [5, 5.41) is 11.2. The van der Waals surface area contributed by atoms with E-state index in [1.165, 1.54) is 0 Å². The molecule has 0 aliphatic heterocycles. The third-order valence-corrected chi connectivity index (χ3v) is 2.18. The Hall–Kier alpha value is -1.02. The van der Waals surface area contributed by atoms with Crippen molar-refractivity contribution in [3.05, 3.63) is 28.3 Å². The summed E-state index contributed by atoms with van der Waals surface area (Å²) < 4.78 is 0. The Morgan fingerprint density at radius 2 is 1.65 bits per heavy atom. The Balaban J connectivity index is 0. The lowest BCUT2D eigenvalue weighted by atomic mass is 10.1. The summed E-state index contributed by atoms with van der Waals surface area (Å²) in [5.41, 5.74) is 3.28. The Bertz CT molecular complexity index is 346. The molecule has 0 aliphatic carbocycles. The van der Waals surface area contributed by atoms with Gasteiger partial charge in [0.25, 0.3) is 0 Å². The molecule has 0 heterocycles. The second kappa shape index (κ2) is 10.2. The first-order valence-electron chi connectivity index (χ1n) is 6.09. The zero-order valence-electron chi connectivity index (χ0n) is 12.0. The molecule has 17 heavy (non-hydrogen) atoms. The topological polar surface area (TPSA) is 35.9 Å². The van der Waals surface area contributed by atoms with Crippen molar-refractivity contribution < 1.29 is 0 Å². The zero-order valence-corrected chi connectivity index (χ0v) is 12.8. The lowest BCUT2D eigenvalue weighted by molar-refractivity contribution is 1.39. The van der Waals surface area contributed by atoms with E-state index in [1.807, 2.05) is 53.8 Å². The Morgan fingerprint density at radius 3 is 2.00 bits per heavy atom. The van der Waals surface area contributed by atoms with Gasteiger partial charge in [0.15, 0.2) is 0 Å². The molecule has 0 radical (unpaired) electrons. The molecular weight excluding hydrogens is 232 g/mol. The van der Waals surface area contributed by atoms with Crippen molar-refractivity contribution in [1.82, 2.24) is 0 Å². The molecule has 0 unspecified atom stereocenters. The minimum absolute atomic E-state index is 0.481. The molecule has 0 spiro atoms. The molecule has 1 aromatic rings. The van der Waals surface area contributed by atoms with Crippen LogP contribution in [0.15, 0.2) is 12.1 Å². The van der Waals surface area contributed by atoms with Crippen molar-refractivity contribution in [3.63, 3.8) is 0 Å². The monoisotopic (exact) mass is 256 g/mol. The zero-order chi connectivity index (χ0) is 14.0. The maximum atomic E-state index is 7.57. The average molecular weight is 257 g/mol. The summed E-state index contributed by atoms with van der Waals surface area (Å²) in [4.78, 5) is 0. The van der Waals surface area contributed by atoms with Gasteiger partial charge in [0.2, 0.25) is 0 Å². The largest absolute Gasteiger partial charge is 0.388 e. The minimum Gasteiger partial charge on any atom is -0.388 e. The van der Waals surface area contributed by atoms with Gasteiger partial charge in [-0.15, -0.1) is 0 Å². The summed E-state index contributed by atoms with van der Waals surface area (Å²) in [7, 11) is 1.83. The van der Waals surface area contributed by atoms with Gasteiger partial charge in [0, 0.05) is 24.0 Å². The van der Waals surface area contributed by atoms with E-state index in [4.69, 9.17) is 17.0 Å². The van der Waals surface area contributed by atoms with Crippen LogP contribution in [0.5, 0.6) is 0 Å². The highest BCUT2D eigenvalue weighted by Gasteiger charge is 2.08. The van der Waals surface area contributed by atoms with Crippen LogP contribution in [0.1, 0.15) is 45.7 Å². The van der Waals surface area contributed by atoms with Crippen LogP contribution < -0.4 is 5.32 Å². The Morgan fingerprint density at radius 1 is 1.18 bits per heavy atom. The summed E-state index contributed by atoms with van der Waals surface area (Å²) in [5.74, 6) is 0. The molecule has 0 saturated carbocycles. The summed E-state index contributed by atoms with van der Waals surface area (Å²) >= 11 is 6.03. The van der Waals surface area contributed by atoms with Crippen LogP contribution in [-0.4, -0.2) is 12.8 Å². The van der Waals surface area contributed by atoms with E-state index in [9.17, 15) is 0 Å². The average Bonchev–Trinajstić information content (AvgIpc) is 2.32. The first kappa shape index (κ1) is 18.3. The quantitative estimate of drug-likeness (QED) is 0.707. The van der Waals surface area contributed by atoms with Crippen LogP contribution in [0.2, 0.25) is 5.02 Å². The lowest BCUT2D eigenvalue weighted by Crippen LogP contribution is -2.01.